The van der Waals surface area contributed by atoms with Gasteiger partial charge in [0.25, 0.3) is 0 Å². The van der Waals surface area contributed by atoms with Crippen LogP contribution in [0.15, 0.2) is 85.2 Å². The summed E-state index contributed by atoms with van der Waals surface area (Å²) in [5.41, 5.74) is 4.25. The number of aryl methyl sites for hydroxylation is 1. The molecule has 5 nitrogen and oxygen atoms in total. The number of anilines is 3. The van der Waals surface area contributed by atoms with Crippen molar-refractivity contribution < 1.29 is 0 Å². The molecule has 0 spiro atoms. The first-order chi connectivity index (χ1) is 13.8. The van der Waals surface area contributed by atoms with Crippen molar-refractivity contribution in [2.75, 3.05) is 10.6 Å². The smallest absolute Gasteiger partial charge is 0.163 e. The van der Waals surface area contributed by atoms with E-state index in [0.717, 1.165) is 34.0 Å². The number of pyridine rings is 1. The van der Waals surface area contributed by atoms with Crippen molar-refractivity contribution in [3.63, 3.8) is 0 Å². The molecular weight excluding hydrogens is 346 g/mol. The van der Waals surface area contributed by atoms with Gasteiger partial charge < -0.3 is 10.6 Å². The average molecular weight is 367 g/mol. The van der Waals surface area contributed by atoms with E-state index in [1.54, 1.807) is 6.20 Å². The fraction of sp³-hybridized carbons (Fsp3) is 0.0870. The molecular formula is C23H21N5. The molecule has 2 heterocycles. The molecule has 0 fully saturated rings. The maximum Gasteiger partial charge on any atom is 0.163 e. The van der Waals surface area contributed by atoms with E-state index in [2.05, 4.69) is 28.6 Å². The Hall–Kier alpha value is -3.73. The number of hydrogen-bond donors (Lipinski definition) is 2. The van der Waals surface area contributed by atoms with Crippen LogP contribution in [-0.4, -0.2) is 15.0 Å². The number of aromatic nitrogens is 3. The molecule has 28 heavy (non-hydrogen) atoms. The molecule has 0 saturated heterocycles. The third-order valence-electron chi connectivity index (χ3n) is 4.36. The molecule has 5 heteroatoms. The molecule has 0 amide bonds. The van der Waals surface area contributed by atoms with E-state index < -0.39 is 0 Å². The quantitative estimate of drug-likeness (QED) is 0.490. The summed E-state index contributed by atoms with van der Waals surface area (Å²) < 4.78 is 0. The van der Waals surface area contributed by atoms with Gasteiger partial charge in [-0.3, -0.25) is 4.98 Å². The molecule has 4 rings (SSSR count). The van der Waals surface area contributed by atoms with Crippen molar-refractivity contribution in [3.05, 3.63) is 96.3 Å². The van der Waals surface area contributed by atoms with Gasteiger partial charge in [-0.25, -0.2) is 9.97 Å². The van der Waals surface area contributed by atoms with Gasteiger partial charge in [-0.1, -0.05) is 54.6 Å². The Labute approximate surface area is 164 Å². The van der Waals surface area contributed by atoms with Crippen molar-refractivity contribution in [3.8, 4) is 11.4 Å². The molecule has 0 unspecified atom stereocenters. The second-order valence-electron chi connectivity index (χ2n) is 6.48. The summed E-state index contributed by atoms with van der Waals surface area (Å²) >= 11 is 0. The Morgan fingerprint density at radius 2 is 1.61 bits per heavy atom. The molecule has 0 saturated carbocycles. The average Bonchev–Trinajstić information content (AvgIpc) is 2.75. The maximum absolute atomic E-state index is 4.72. The van der Waals surface area contributed by atoms with Gasteiger partial charge in [0.1, 0.15) is 11.6 Å². The molecule has 138 valence electrons. The third kappa shape index (κ3) is 4.32. The minimum absolute atomic E-state index is 0.642. The number of rotatable bonds is 6. The summed E-state index contributed by atoms with van der Waals surface area (Å²) in [5, 5.41) is 6.80. The van der Waals surface area contributed by atoms with E-state index in [9.17, 15) is 0 Å². The summed E-state index contributed by atoms with van der Waals surface area (Å²) in [6.45, 7) is 2.71. The molecule has 0 aliphatic carbocycles. The van der Waals surface area contributed by atoms with Gasteiger partial charge in [0, 0.05) is 36.3 Å². The van der Waals surface area contributed by atoms with Crippen LogP contribution in [0, 0.1) is 6.92 Å². The molecule has 0 bridgehead atoms. The molecule has 2 aromatic carbocycles. The van der Waals surface area contributed by atoms with Crippen LogP contribution in [0.5, 0.6) is 0 Å². The number of nitrogens with one attached hydrogen (secondary N) is 2. The predicted octanol–water partition coefficient (Wildman–Crippen LogP) is 5.20. The Balaban J connectivity index is 1.65. The first-order valence-electron chi connectivity index (χ1n) is 9.18. The fourth-order valence-electron chi connectivity index (χ4n) is 2.86. The zero-order chi connectivity index (χ0) is 19.2. The van der Waals surface area contributed by atoms with Crippen LogP contribution in [0.4, 0.5) is 17.3 Å². The van der Waals surface area contributed by atoms with E-state index in [1.165, 1.54) is 0 Å². The zero-order valence-electron chi connectivity index (χ0n) is 15.6. The Kier molecular flexibility index (Phi) is 5.24. The number of nitrogens with zero attached hydrogens (tertiary/aromatic N) is 3. The van der Waals surface area contributed by atoms with Crippen LogP contribution < -0.4 is 10.6 Å². The van der Waals surface area contributed by atoms with Crippen molar-refractivity contribution in [1.29, 1.82) is 0 Å². The summed E-state index contributed by atoms with van der Waals surface area (Å²) in [5.74, 6) is 2.18. The van der Waals surface area contributed by atoms with Crippen molar-refractivity contribution >= 4 is 17.3 Å². The van der Waals surface area contributed by atoms with E-state index >= 15 is 0 Å². The molecule has 2 N–H and O–H groups in total. The number of para-hydroxylation sites is 1. The van der Waals surface area contributed by atoms with E-state index in [4.69, 9.17) is 9.97 Å². The maximum atomic E-state index is 4.72. The largest absolute Gasteiger partial charge is 0.366 e. The lowest BCUT2D eigenvalue weighted by atomic mass is 10.2. The van der Waals surface area contributed by atoms with Gasteiger partial charge in [-0.2, -0.15) is 0 Å². The lowest BCUT2D eigenvalue weighted by Crippen LogP contribution is -2.05. The third-order valence-corrected chi connectivity index (χ3v) is 4.36. The highest BCUT2D eigenvalue weighted by molar-refractivity contribution is 5.66. The fourth-order valence-corrected chi connectivity index (χ4v) is 2.86. The second kappa shape index (κ2) is 8.31. The highest BCUT2D eigenvalue weighted by Gasteiger charge is 2.08. The van der Waals surface area contributed by atoms with Gasteiger partial charge in [0.15, 0.2) is 5.82 Å². The van der Waals surface area contributed by atoms with Gasteiger partial charge >= 0.3 is 0 Å². The van der Waals surface area contributed by atoms with Gasteiger partial charge in [-0.15, -0.1) is 0 Å². The summed E-state index contributed by atoms with van der Waals surface area (Å²) in [6, 6.07) is 24.0. The molecule has 0 aliphatic heterocycles. The molecule has 0 atom stereocenters. The monoisotopic (exact) mass is 367 g/mol. The summed E-state index contributed by atoms with van der Waals surface area (Å²) in [7, 11) is 0. The topological polar surface area (TPSA) is 62.7 Å². The van der Waals surface area contributed by atoms with Crippen molar-refractivity contribution in [2.45, 2.75) is 13.5 Å². The van der Waals surface area contributed by atoms with E-state index in [1.807, 2.05) is 72.9 Å². The van der Waals surface area contributed by atoms with Crippen LogP contribution >= 0.6 is 0 Å². The van der Waals surface area contributed by atoms with Crippen molar-refractivity contribution in [1.82, 2.24) is 15.0 Å². The van der Waals surface area contributed by atoms with Gasteiger partial charge in [0.2, 0.25) is 0 Å². The minimum atomic E-state index is 0.642. The Bertz CT molecular complexity index is 1050. The first-order valence-corrected chi connectivity index (χ1v) is 9.18. The molecule has 4 aromatic rings. The zero-order valence-corrected chi connectivity index (χ0v) is 15.6. The Morgan fingerprint density at radius 3 is 2.39 bits per heavy atom. The summed E-state index contributed by atoms with van der Waals surface area (Å²) in [6.07, 6.45) is 3.62. The highest BCUT2D eigenvalue weighted by atomic mass is 15.1. The second-order valence-corrected chi connectivity index (χ2v) is 6.48. The van der Waals surface area contributed by atoms with Crippen LogP contribution in [0.2, 0.25) is 0 Å². The molecule has 0 radical (unpaired) electrons. The first kappa shape index (κ1) is 17.7. The lowest BCUT2D eigenvalue weighted by molar-refractivity contribution is 1.07. The lowest BCUT2D eigenvalue weighted by Gasteiger charge is -2.13. The minimum Gasteiger partial charge on any atom is -0.366 e. The van der Waals surface area contributed by atoms with Crippen LogP contribution in [0.25, 0.3) is 11.4 Å². The van der Waals surface area contributed by atoms with E-state index in [-0.39, 0.29) is 0 Å². The SMILES string of the molecule is Cc1ccccc1Nc1cc(NCc2cccnc2)nc(-c2ccccc2)n1. The molecule has 0 aliphatic rings. The van der Waals surface area contributed by atoms with Crippen molar-refractivity contribution in [2.24, 2.45) is 0 Å². The molecule has 2 aromatic heterocycles. The standard InChI is InChI=1S/C23H21N5/c1-17-8-5-6-12-20(17)26-22-14-21(25-16-18-9-7-13-24-15-18)27-23(28-22)19-10-3-2-4-11-19/h2-15H,16H2,1H3,(H2,25,26,27,28). The number of hydrogen-bond acceptors (Lipinski definition) is 5. The van der Waals surface area contributed by atoms with E-state index in [0.29, 0.717) is 12.4 Å². The van der Waals surface area contributed by atoms with Crippen LogP contribution in [0.3, 0.4) is 0 Å². The number of benzene rings is 2. The van der Waals surface area contributed by atoms with Gasteiger partial charge in [-0.05, 0) is 30.2 Å². The Morgan fingerprint density at radius 1 is 0.821 bits per heavy atom. The predicted molar refractivity (Wildman–Crippen MR) is 113 cm³/mol. The van der Waals surface area contributed by atoms with Crippen LogP contribution in [-0.2, 0) is 6.54 Å². The van der Waals surface area contributed by atoms with Crippen LogP contribution in [0.1, 0.15) is 11.1 Å². The van der Waals surface area contributed by atoms with Gasteiger partial charge in [0.05, 0.1) is 0 Å². The normalized spacial score (nSPS) is 10.5. The highest BCUT2D eigenvalue weighted by Crippen LogP contribution is 2.24. The summed E-state index contributed by atoms with van der Waals surface area (Å²) in [4.78, 5) is 13.6.